The summed E-state index contributed by atoms with van der Waals surface area (Å²) in [5.41, 5.74) is 0. The van der Waals surface area contributed by atoms with Gasteiger partial charge in [-0.05, 0) is 89.9 Å². The number of carbonyl (C=O) groups excluding carboxylic acids is 1. The average molecular weight is 1210 g/mol. The number of aliphatic hydroxyl groups is 5. The summed E-state index contributed by atoms with van der Waals surface area (Å²) >= 11 is 0. The highest BCUT2D eigenvalue weighted by atomic mass is 16.7. The minimum absolute atomic E-state index is 0.209. The molecule has 0 bridgehead atoms. The van der Waals surface area contributed by atoms with E-state index in [0.29, 0.717) is 12.8 Å². The third-order valence-corrected chi connectivity index (χ3v) is 16.5. The van der Waals surface area contributed by atoms with Gasteiger partial charge in [-0.3, -0.25) is 4.79 Å². The van der Waals surface area contributed by atoms with Crippen molar-refractivity contribution in [2.75, 3.05) is 13.2 Å². The fourth-order valence-corrected chi connectivity index (χ4v) is 10.9. The number of ether oxygens (including phenoxy) is 2. The maximum Gasteiger partial charge on any atom is 0.220 e. The molecular weight excluding hydrogens is 1080 g/mol. The molecule has 0 radical (unpaired) electrons. The van der Waals surface area contributed by atoms with Crippen LogP contribution in [0.15, 0.2) is 122 Å². The lowest BCUT2D eigenvalue weighted by atomic mass is 9.99. The van der Waals surface area contributed by atoms with E-state index in [4.69, 9.17) is 9.47 Å². The number of amides is 1. The summed E-state index contributed by atoms with van der Waals surface area (Å²) < 4.78 is 11.3. The van der Waals surface area contributed by atoms with Crippen molar-refractivity contribution in [2.24, 2.45) is 0 Å². The second-order valence-corrected chi connectivity index (χ2v) is 24.7. The fourth-order valence-electron chi connectivity index (χ4n) is 10.9. The largest absolute Gasteiger partial charge is 0.394 e. The summed E-state index contributed by atoms with van der Waals surface area (Å²) in [6.07, 6.45) is 91.7. The van der Waals surface area contributed by atoms with Gasteiger partial charge in [0.25, 0.3) is 0 Å². The predicted molar refractivity (Wildman–Crippen MR) is 373 cm³/mol. The second-order valence-electron chi connectivity index (χ2n) is 24.7. The van der Waals surface area contributed by atoms with Crippen molar-refractivity contribution in [1.82, 2.24) is 5.32 Å². The standard InChI is InChI=1S/C78H135NO8/c1-3-5-7-9-11-13-15-17-19-21-23-25-27-29-31-33-35-36-38-39-41-43-45-47-49-51-53-55-57-59-61-63-65-67-72(81)71(70-86-78-77(85)76(84)75(83)73(69-80)87-78)79-74(82)68-66-64-62-60-58-56-54-52-50-48-46-44-42-40-37-34-32-30-28-26-24-22-20-18-16-14-12-10-8-6-4-2/h6,8,12,14,18,20,24,26,30,32,37,40,44,46,50,52,56,58,65,67,71-73,75-78,80-81,83-85H,3-5,7,9-11,13,15-17,19,21-23,25,27-29,31,33-36,38-39,41-43,45,47-49,51,53-55,57,59-64,66,68-70H2,1-2H3,(H,79,82)/b8-6-,14-12-,20-18-,26-24-,32-30-,40-37-,46-44-,52-50-,58-56-,67-65+. The molecular formula is C78H135NO8. The van der Waals surface area contributed by atoms with Gasteiger partial charge in [0.05, 0.1) is 25.4 Å². The minimum atomic E-state index is -1.58. The van der Waals surface area contributed by atoms with Gasteiger partial charge in [-0.1, -0.05) is 334 Å². The SMILES string of the molecule is CC/C=C\C/C=C\C/C=C\C/C=C\C/C=C\C/C=C\C/C=C\C/C=C\C/C=C\CCCCCC(=O)NC(COC1OC(CO)C(O)C(O)C1O)C(O)/C=C/CCCCCCCCCCCCCCCCCCCCCCCCCCCCCCCCC. The van der Waals surface area contributed by atoms with Crippen LogP contribution in [-0.2, 0) is 14.3 Å². The topological polar surface area (TPSA) is 149 Å². The Balaban J connectivity index is 2.18. The van der Waals surface area contributed by atoms with Crippen LogP contribution >= 0.6 is 0 Å². The van der Waals surface area contributed by atoms with Crippen molar-refractivity contribution in [3.8, 4) is 0 Å². The molecule has 1 rings (SSSR count). The van der Waals surface area contributed by atoms with E-state index in [9.17, 15) is 30.3 Å². The molecule has 0 aromatic rings. The maximum absolute atomic E-state index is 13.1. The molecule has 0 saturated carbocycles. The number of unbranched alkanes of at least 4 members (excludes halogenated alkanes) is 34. The van der Waals surface area contributed by atoms with Crippen LogP contribution in [0.5, 0.6) is 0 Å². The van der Waals surface area contributed by atoms with E-state index in [0.717, 1.165) is 96.3 Å². The summed E-state index contributed by atoms with van der Waals surface area (Å²) in [4.78, 5) is 13.1. The van der Waals surface area contributed by atoms with Gasteiger partial charge in [-0.2, -0.15) is 0 Å². The van der Waals surface area contributed by atoms with Gasteiger partial charge < -0.3 is 40.3 Å². The number of carbonyl (C=O) groups is 1. The molecule has 0 aliphatic carbocycles. The third-order valence-electron chi connectivity index (χ3n) is 16.5. The van der Waals surface area contributed by atoms with Crippen molar-refractivity contribution < 1.29 is 39.8 Å². The van der Waals surface area contributed by atoms with E-state index in [1.54, 1.807) is 6.08 Å². The van der Waals surface area contributed by atoms with Crippen molar-refractivity contribution in [3.63, 3.8) is 0 Å². The van der Waals surface area contributed by atoms with Crippen LogP contribution in [0, 0.1) is 0 Å². The van der Waals surface area contributed by atoms with Crippen LogP contribution < -0.4 is 5.32 Å². The fraction of sp³-hybridized carbons (Fsp3) is 0.731. The quantitative estimate of drug-likeness (QED) is 0.0261. The smallest absolute Gasteiger partial charge is 0.220 e. The average Bonchev–Trinajstić information content (AvgIpc) is 3.47. The Labute approximate surface area is 535 Å². The van der Waals surface area contributed by atoms with Gasteiger partial charge in [-0.25, -0.2) is 0 Å². The first kappa shape index (κ1) is 81.6. The van der Waals surface area contributed by atoms with Crippen LogP contribution in [0.3, 0.4) is 0 Å². The number of allylic oxidation sites excluding steroid dienone is 19. The van der Waals surface area contributed by atoms with Crippen molar-refractivity contribution in [1.29, 1.82) is 0 Å². The first-order chi connectivity index (χ1) is 42.8. The van der Waals surface area contributed by atoms with Crippen LogP contribution in [0.4, 0.5) is 0 Å². The summed E-state index contributed by atoms with van der Waals surface area (Å²) in [7, 11) is 0. The minimum Gasteiger partial charge on any atom is -0.394 e. The zero-order valence-electron chi connectivity index (χ0n) is 56.0. The molecule has 500 valence electrons. The zero-order chi connectivity index (χ0) is 62.8. The Morgan fingerprint density at radius 2 is 0.713 bits per heavy atom. The van der Waals surface area contributed by atoms with Crippen LogP contribution in [0.2, 0.25) is 0 Å². The number of rotatable bonds is 62. The Morgan fingerprint density at radius 1 is 0.402 bits per heavy atom. The maximum atomic E-state index is 13.1. The molecule has 0 aromatic carbocycles. The summed E-state index contributed by atoms with van der Waals surface area (Å²) in [6.45, 7) is 3.67. The molecule has 87 heavy (non-hydrogen) atoms. The summed E-state index contributed by atoms with van der Waals surface area (Å²) in [6, 6.07) is -0.835. The van der Waals surface area contributed by atoms with Gasteiger partial charge in [0.15, 0.2) is 6.29 Å². The molecule has 7 atom stereocenters. The molecule has 1 saturated heterocycles. The zero-order valence-corrected chi connectivity index (χ0v) is 56.0. The van der Waals surface area contributed by atoms with Crippen molar-refractivity contribution >= 4 is 5.91 Å². The molecule has 6 N–H and O–H groups in total. The predicted octanol–water partition coefficient (Wildman–Crippen LogP) is 20.2. The number of aliphatic hydroxyl groups excluding tert-OH is 5. The number of hydrogen-bond donors (Lipinski definition) is 6. The monoisotopic (exact) mass is 1210 g/mol. The lowest BCUT2D eigenvalue weighted by molar-refractivity contribution is -0.302. The summed E-state index contributed by atoms with van der Waals surface area (Å²) in [5, 5.41) is 54.8. The highest BCUT2D eigenvalue weighted by Crippen LogP contribution is 2.23. The normalized spacial score (nSPS) is 18.7. The molecule has 9 nitrogen and oxygen atoms in total. The Hall–Kier alpha value is -3.41. The van der Waals surface area contributed by atoms with Gasteiger partial charge >= 0.3 is 0 Å². The van der Waals surface area contributed by atoms with E-state index in [1.807, 2.05) is 6.08 Å². The first-order valence-corrected chi connectivity index (χ1v) is 36.3. The molecule has 9 heteroatoms. The Bertz CT molecular complexity index is 1790. The lowest BCUT2D eigenvalue weighted by Crippen LogP contribution is -2.60. The number of nitrogens with one attached hydrogen (secondary N) is 1. The molecule has 1 fully saturated rings. The Kier molecular flexibility index (Phi) is 61.5. The summed E-state index contributed by atoms with van der Waals surface area (Å²) in [5.74, 6) is -0.210. The molecule has 1 heterocycles. The van der Waals surface area contributed by atoms with Gasteiger partial charge in [0, 0.05) is 6.42 Å². The van der Waals surface area contributed by atoms with E-state index in [2.05, 4.69) is 129 Å². The molecule has 1 aliphatic heterocycles. The van der Waals surface area contributed by atoms with E-state index >= 15 is 0 Å². The van der Waals surface area contributed by atoms with E-state index in [-0.39, 0.29) is 12.5 Å². The van der Waals surface area contributed by atoms with Gasteiger partial charge in [-0.15, -0.1) is 0 Å². The highest BCUT2D eigenvalue weighted by molar-refractivity contribution is 5.76. The van der Waals surface area contributed by atoms with Crippen molar-refractivity contribution in [3.05, 3.63) is 122 Å². The number of hydrogen-bond acceptors (Lipinski definition) is 8. The third kappa shape index (κ3) is 54.1. The highest BCUT2D eigenvalue weighted by Gasteiger charge is 2.44. The molecule has 0 spiro atoms. The molecule has 1 amide bonds. The van der Waals surface area contributed by atoms with Crippen molar-refractivity contribution in [2.45, 2.75) is 352 Å². The molecule has 0 aromatic heterocycles. The Morgan fingerprint density at radius 3 is 1.06 bits per heavy atom. The van der Waals surface area contributed by atoms with Gasteiger partial charge in [0.1, 0.15) is 24.4 Å². The second kappa shape index (κ2) is 65.5. The van der Waals surface area contributed by atoms with E-state index in [1.165, 1.54) is 186 Å². The van der Waals surface area contributed by atoms with E-state index < -0.39 is 49.5 Å². The van der Waals surface area contributed by atoms with Crippen LogP contribution in [0.1, 0.15) is 309 Å². The van der Waals surface area contributed by atoms with Crippen LogP contribution in [0.25, 0.3) is 0 Å². The van der Waals surface area contributed by atoms with Gasteiger partial charge in [0.2, 0.25) is 5.91 Å². The first-order valence-electron chi connectivity index (χ1n) is 36.3. The lowest BCUT2D eigenvalue weighted by Gasteiger charge is -2.40. The molecule has 7 unspecified atom stereocenters. The molecule has 1 aliphatic rings. The van der Waals surface area contributed by atoms with Crippen LogP contribution in [-0.4, -0.2) is 87.5 Å².